The van der Waals surface area contributed by atoms with E-state index in [1.165, 1.54) is 0 Å². The van der Waals surface area contributed by atoms with Crippen molar-refractivity contribution in [2.24, 2.45) is 0 Å². The van der Waals surface area contributed by atoms with E-state index in [9.17, 15) is 9.59 Å². The van der Waals surface area contributed by atoms with Crippen LogP contribution in [0, 0.1) is 11.3 Å². The van der Waals surface area contributed by atoms with Crippen LogP contribution in [0.5, 0.6) is 0 Å². The Labute approximate surface area is 109 Å². The van der Waals surface area contributed by atoms with E-state index in [0.29, 0.717) is 6.61 Å². The summed E-state index contributed by atoms with van der Waals surface area (Å²) in [6, 6.07) is 2.79. The monoisotopic (exact) mass is 271 g/mol. The highest BCUT2D eigenvalue weighted by Gasteiger charge is 2.14. The van der Waals surface area contributed by atoms with Gasteiger partial charge in [0.25, 0.3) is 0 Å². The molecule has 0 atom stereocenters. The van der Waals surface area contributed by atoms with Gasteiger partial charge in [0.05, 0.1) is 31.9 Å². The zero-order valence-corrected chi connectivity index (χ0v) is 12.3. The third kappa shape index (κ3) is 11.1. The third-order valence-electron chi connectivity index (χ3n) is 2.13. The summed E-state index contributed by atoms with van der Waals surface area (Å²) in [7, 11) is -1.19. The van der Waals surface area contributed by atoms with E-state index in [1.54, 1.807) is 0 Å². The molecule has 0 aliphatic rings. The van der Waals surface area contributed by atoms with Crippen LogP contribution in [0.2, 0.25) is 25.7 Å². The number of nitrogens with zero attached hydrogens (tertiary/aromatic N) is 1. The summed E-state index contributed by atoms with van der Waals surface area (Å²) < 4.78 is 9.76. The Morgan fingerprint density at radius 2 is 1.56 bits per heavy atom. The van der Waals surface area contributed by atoms with Crippen molar-refractivity contribution >= 4 is 20.0 Å². The molecule has 0 amide bonds. The predicted octanol–water partition coefficient (Wildman–Crippen LogP) is 2.10. The van der Waals surface area contributed by atoms with E-state index in [0.717, 1.165) is 6.04 Å². The number of ether oxygens (including phenoxy) is 2. The van der Waals surface area contributed by atoms with E-state index in [1.807, 2.05) is 6.07 Å². The van der Waals surface area contributed by atoms with Gasteiger partial charge in [0.2, 0.25) is 0 Å². The number of carbonyl (C=O) groups is 2. The van der Waals surface area contributed by atoms with Crippen LogP contribution < -0.4 is 0 Å². The Balaban J connectivity index is 3.59. The summed E-state index contributed by atoms with van der Waals surface area (Å²) >= 11 is 0. The largest absolute Gasteiger partial charge is 0.466 e. The number of esters is 2. The Kier molecular flexibility index (Phi) is 8.04. The van der Waals surface area contributed by atoms with Crippen LogP contribution in [0.1, 0.15) is 19.3 Å². The van der Waals surface area contributed by atoms with Gasteiger partial charge in [-0.2, -0.15) is 5.26 Å². The lowest BCUT2D eigenvalue weighted by Gasteiger charge is -2.15. The Hall–Kier alpha value is -1.35. The van der Waals surface area contributed by atoms with Crippen molar-refractivity contribution in [2.75, 3.05) is 13.2 Å². The van der Waals surface area contributed by atoms with E-state index < -0.39 is 14.0 Å². The van der Waals surface area contributed by atoms with E-state index in [4.69, 9.17) is 14.7 Å². The molecule has 0 saturated carbocycles. The summed E-state index contributed by atoms with van der Waals surface area (Å²) in [5.74, 6) is -0.835. The first-order chi connectivity index (χ1) is 8.35. The minimum absolute atomic E-state index is 0.0111. The van der Waals surface area contributed by atoms with Gasteiger partial charge >= 0.3 is 11.9 Å². The van der Waals surface area contributed by atoms with Gasteiger partial charge in [-0.1, -0.05) is 19.6 Å². The molecule has 102 valence electrons. The van der Waals surface area contributed by atoms with Gasteiger partial charge in [0.1, 0.15) is 6.61 Å². The maximum atomic E-state index is 11.3. The van der Waals surface area contributed by atoms with Crippen LogP contribution in [0.25, 0.3) is 0 Å². The van der Waals surface area contributed by atoms with E-state index in [-0.39, 0.29) is 31.8 Å². The molecule has 0 spiro atoms. The van der Waals surface area contributed by atoms with Crippen LogP contribution in [0.4, 0.5) is 0 Å². The van der Waals surface area contributed by atoms with Gasteiger partial charge in [0.15, 0.2) is 0 Å². The minimum atomic E-state index is -1.19. The molecule has 0 N–H and O–H groups in total. The molecule has 5 nitrogen and oxygen atoms in total. The van der Waals surface area contributed by atoms with Crippen LogP contribution in [-0.2, 0) is 19.1 Å². The molecule has 0 bridgehead atoms. The minimum Gasteiger partial charge on any atom is -0.466 e. The molecule has 0 aromatic carbocycles. The number of rotatable bonds is 8. The van der Waals surface area contributed by atoms with Crippen molar-refractivity contribution in [3.8, 4) is 6.07 Å². The zero-order chi connectivity index (χ0) is 14.0. The van der Waals surface area contributed by atoms with Gasteiger partial charge in [-0.05, 0) is 6.04 Å². The molecule has 6 heteroatoms. The number of carbonyl (C=O) groups excluding carboxylic acids is 2. The molecule has 0 aromatic heterocycles. The van der Waals surface area contributed by atoms with Gasteiger partial charge in [-0.15, -0.1) is 0 Å². The van der Waals surface area contributed by atoms with Crippen molar-refractivity contribution in [1.82, 2.24) is 0 Å². The maximum Gasteiger partial charge on any atom is 0.306 e. The smallest absolute Gasteiger partial charge is 0.306 e. The summed E-state index contributed by atoms with van der Waals surface area (Å²) in [5.41, 5.74) is 0. The average Bonchev–Trinajstić information content (AvgIpc) is 2.25. The lowest BCUT2D eigenvalue weighted by molar-refractivity contribution is -0.150. The van der Waals surface area contributed by atoms with E-state index in [2.05, 4.69) is 19.6 Å². The van der Waals surface area contributed by atoms with Gasteiger partial charge in [0, 0.05) is 8.07 Å². The van der Waals surface area contributed by atoms with E-state index >= 15 is 0 Å². The Morgan fingerprint density at radius 3 is 2.00 bits per heavy atom. The summed E-state index contributed by atoms with van der Waals surface area (Å²) in [6.07, 6.45) is 0.223. The number of hydrogen-bond acceptors (Lipinski definition) is 5. The normalized spacial score (nSPS) is 10.6. The first kappa shape index (κ1) is 16.6. The lowest BCUT2D eigenvalue weighted by atomic mass is 10.3. The molecule has 0 rings (SSSR count). The standard InChI is InChI=1S/C12H21NO4Si/c1-18(2,3)10-9-17-12(15)6-5-11(14)16-8-4-7-13/h4-6,8-10H2,1-3H3. The second-order valence-corrected chi connectivity index (χ2v) is 10.8. The van der Waals surface area contributed by atoms with Crippen molar-refractivity contribution < 1.29 is 19.1 Å². The third-order valence-corrected chi connectivity index (χ3v) is 3.83. The second-order valence-electron chi connectivity index (χ2n) is 5.16. The topological polar surface area (TPSA) is 76.4 Å². The first-order valence-electron chi connectivity index (χ1n) is 6.03. The molecule has 0 aliphatic heterocycles. The summed E-state index contributed by atoms with van der Waals surface area (Å²) in [6.45, 7) is 7.12. The molecule has 0 unspecified atom stereocenters. The molecular formula is C12H21NO4Si. The zero-order valence-electron chi connectivity index (χ0n) is 11.3. The Bertz CT molecular complexity index is 317. The summed E-state index contributed by atoms with van der Waals surface area (Å²) in [4.78, 5) is 22.4. The molecule has 0 fully saturated rings. The fourth-order valence-corrected chi connectivity index (χ4v) is 1.74. The van der Waals surface area contributed by atoms with Crippen LogP contribution in [0.3, 0.4) is 0 Å². The lowest BCUT2D eigenvalue weighted by Crippen LogP contribution is -2.22. The van der Waals surface area contributed by atoms with Crippen molar-refractivity contribution in [3.63, 3.8) is 0 Å². The van der Waals surface area contributed by atoms with Gasteiger partial charge in [-0.3, -0.25) is 9.59 Å². The number of hydrogen-bond donors (Lipinski definition) is 0. The van der Waals surface area contributed by atoms with Crippen molar-refractivity contribution in [2.45, 2.75) is 44.9 Å². The molecule has 0 aromatic rings. The second kappa shape index (κ2) is 8.70. The highest BCUT2D eigenvalue weighted by Crippen LogP contribution is 2.08. The van der Waals surface area contributed by atoms with Crippen molar-refractivity contribution in [1.29, 1.82) is 5.26 Å². The average molecular weight is 271 g/mol. The highest BCUT2D eigenvalue weighted by atomic mass is 28.3. The fraction of sp³-hybridized carbons (Fsp3) is 0.750. The molecule has 18 heavy (non-hydrogen) atoms. The van der Waals surface area contributed by atoms with Crippen LogP contribution in [-0.4, -0.2) is 33.2 Å². The van der Waals surface area contributed by atoms with Crippen molar-refractivity contribution in [3.05, 3.63) is 0 Å². The first-order valence-corrected chi connectivity index (χ1v) is 9.74. The van der Waals surface area contributed by atoms with Crippen LogP contribution in [0.15, 0.2) is 0 Å². The quantitative estimate of drug-likeness (QED) is 0.384. The van der Waals surface area contributed by atoms with Gasteiger partial charge < -0.3 is 9.47 Å². The SMILES string of the molecule is C[Si](C)(C)CCOC(=O)CCC(=O)OCCC#N. The predicted molar refractivity (Wildman–Crippen MR) is 69.5 cm³/mol. The highest BCUT2D eigenvalue weighted by molar-refractivity contribution is 6.76. The molecule has 0 saturated heterocycles. The molecule has 0 heterocycles. The maximum absolute atomic E-state index is 11.3. The molecular weight excluding hydrogens is 250 g/mol. The van der Waals surface area contributed by atoms with Gasteiger partial charge in [-0.25, -0.2) is 0 Å². The fourth-order valence-electron chi connectivity index (χ4n) is 1.03. The summed E-state index contributed by atoms with van der Waals surface area (Å²) in [5, 5.41) is 8.25. The van der Waals surface area contributed by atoms with Crippen LogP contribution >= 0.6 is 0 Å². The molecule has 0 radical (unpaired) electrons. The Morgan fingerprint density at radius 1 is 1.06 bits per heavy atom. The molecule has 0 aliphatic carbocycles. The number of nitriles is 1.